The van der Waals surface area contributed by atoms with Crippen molar-refractivity contribution >= 4 is 21.8 Å². The molecule has 2 aliphatic rings. The number of likely N-dealkylation sites (tertiary alicyclic amines) is 1. The molecular weight excluding hydrogens is 356 g/mol. The lowest BCUT2D eigenvalue weighted by molar-refractivity contribution is -0.132. The minimum Gasteiger partial charge on any atom is -0.341 e. The van der Waals surface area contributed by atoms with Gasteiger partial charge in [-0.2, -0.15) is 5.10 Å². The number of amides is 1. The van der Waals surface area contributed by atoms with Crippen molar-refractivity contribution in [1.29, 1.82) is 0 Å². The number of hydrogen-bond donors (Lipinski definition) is 0. The van der Waals surface area contributed by atoms with Crippen LogP contribution in [-0.4, -0.2) is 33.7 Å². The lowest BCUT2D eigenvalue weighted by atomic mass is 10.2. The van der Waals surface area contributed by atoms with Crippen LogP contribution in [0.1, 0.15) is 62.3 Å². The first-order chi connectivity index (χ1) is 10.6. The van der Waals surface area contributed by atoms with E-state index in [0.717, 1.165) is 57.3 Å². The van der Waals surface area contributed by atoms with Crippen molar-refractivity contribution in [2.45, 2.75) is 57.4 Å². The number of rotatable bonds is 4. The highest BCUT2D eigenvalue weighted by atomic mass is 79.9. The molecule has 1 aromatic rings. The van der Waals surface area contributed by atoms with Gasteiger partial charge in [0, 0.05) is 19.0 Å². The number of carbonyl (C=O) groups is 1. The fraction of sp³-hybridized carbons (Fsp3) is 0.733. The number of carbonyl (C=O) groups excluding carboxylic acids is 1. The topological polar surface area (TPSA) is 38.1 Å². The molecule has 0 atom stereocenters. The van der Waals surface area contributed by atoms with E-state index in [9.17, 15) is 13.6 Å². The van der Waals surface area contributed by atoms with Crippen LogP contribution in [0.3, 0.4) is 0 Å². The molecule has 0 radical (unpaired) electrons. The van der Waals surface area contributed by atoms with Gasteiger partial charge in [-0.1, -0.05) is 12.8 Å². The van der Waals surface area contributed by atoms with E-state index < -0.39 is 6.43 Å². The molecule has 1 amide bonds. The van der Waals surface area contributed by atoms with Crippen molar-refractivity contribution in [3.63, 3.8) is 0 Å². The Morgan fingerprint density at radius 3 is 2.41 bits per heavy atom. The van der Waals surface area contributed by atoms with Gasteiger partial charge in [0.15, 0.2) is 0 Å². The fourth-order valence-electron chi connectivity index (χ4n) is 3.03. The van der Waals surface area contributed by atoms with Crippen molar-refractivity contribution in [2.24, 2.45) is 0 Å². The summed E-state index contributed by atoms with van der Waals surface area (Å²) in [5.74, 6) is 0.242. The highest BCUT2D eigenvalue weighted by Crippen LogP contribution is 2.45. The fourth-order valence-corrected chi connectivity index (χ4v) is 3.81. The van der Waals surface area contributed by atoms with Crippen LogP contribution in [0.2, 0.25) is 0 Å². The zero-order valence-corrected chi connectivity index (χ0v) is 14.0. The highest BCUT2D eigenvalue weighted by Gasteiger charge is 2.34. The maximum atomic E-state index is 13.0. The summed E-state index contributed by atoms with van der Waals surface area (Å²) in [5.41, 5.74) is 0.518. The predicted octanol–water partition coefficient (Wildman–Crippen LogP) is 3.86. The summed E-state index contributed by atoms with van der Waals surface area (Å²) in [4.78, 5) is 14.3. The van der Waals surface area contributed by atoms with Crippen LogP contribution in [0.15, 0.2) is 4.47 Å². The predicted molar refractivity (Wildman–Crippen MR) is 81.9 cm³/mol. The molecule has 1 aliphatic heterocycles. The summed E-state index contributed by atoms with van der Waals surface area (Å²) in [6.45, 7) is 1.60. The minimum absolute atomic E-state index is 0.0142. The first kappa shape index (κ1) is 15.9. The molecule has 1 saturated heterocycles. The second kappa shape index (κ2) is 6.64. The Labute approximate surface area is 137 Å². The monoisotopic (exact) mass is 375 g/mol. The van der Waals surface area contributed by atoms with E-state index in [4.69, 9.17) is 0 Å². The third-order valence-electron chi connectivity index (χ3n) is 4.37. The van der Waals surface area contributed by atoms with Crippen molar-refractivity contribution in [3.8, 4) is 0 Å². The molecule has 2 fully saturated rings. The molecule has 4 nitrogen and oxygen atoms in total. The van der Waals surface area contributed by atoms with Crippen LogP contribution in [0.25, 0.3) is 0 Å². The molecule has 1 aliphatic carbocycles. The molecule has 0 bridgehead atoms. The lowest BCUT2D eigenvalue weighted by Gasteiger charge is -2.20. The van der Waals surface area contributed by atoms with Crippen LogP contribution in [-0.2, 0) is 11.3 Å². The number of halogens is 3. The van der Waals surface area contributed by atoms with E-state index in [-0.39, 0.29) is 24.1 Å². The van der Waals surface area contributed by atoms with Gasteiger partial charge in [-0.3, -0.25) is 9.48 Å². The van der Waals surface area contributed by atoms with E-state index in [1.807, 2.05) is 4.90 Å². The van der Waals surface area contributed by atoms with Gasteiger partial charge in [0.2, 0.25) is 5.91 Å². The standard InChI is InChI=1S/C15H20BrF2N3O/c16-12-13(15(17)18)19-21(14(12)10-5-6-10)9-11(22)20-7-3-1-2-4-8-20/h10,15H,1-9H2. The molecule has 0 spiro atoms. The van der Waals surface area contributed by atoms with Crippen molar-refractivity contribution in [2.75, 3.05) is 13.1 Å². The number of hydrogen-bond acceptors (Lipinski definition) is 2. The SMILES string of the molecule is O=C(Cn1nc(C(F)F)c(Br)c1C1CC1)N1CCCCCC1. The Bertz CT molecular complexity index is 549. The highest BCUT2D eigenvalue weighted by molar-refractivity contribution is 9.10. The first-order valence-corrected chi connectivity index (χ1v) is 8.69. The van der Waals surface area contributed by atoms with Crippen LogP contribution < -0.4 is 0 Å². The van der Waals surface area contributed by atoms with Gasteiger partial charge in [0.25, 0.3) is 6.43 Å². The summed E-state index contributed by atoms with van der Waals surface area (Å²) in [7, 11) is 0. The van der Waals surface area contributed by atoms with Gasteiger partial charge >= 0.3 is 0 Å². The van der Waals surface area contributed by atoms with E-state index in [1.165, 1.54) is 4.68 Å². The zero-order chi connectivity index (χ0) is 15.7. The second-order valence-corrected chi connectivity index (χ2v) is 6.91. The number of alkyl halides is 2. The summed E-state index contributed by atoms with van der Waals surface area (Å²) < 4.78 is 28.0. The Morgan fingerprint density at radius 1 is 1.23 bits per heavy atom. The van der Waals surface area contributed by atoms with Crippen molar-refractivity contribution < 1.29 is 13.6 Å². The lowest BCUT2D eigenvalue weighted by Crippen LogP contribution is -2.35. The van der Waals surface area contributed by atoms with Gasteiger partial charge in [-0.05, 0) is 41.6 Å². The Balaban J connectivity index is 1.78. The van der Waals surface area contributed by atoms with Gasteiger partial charge in [0.1, 0.15) is 12.2 Å². The Kier molecular flexibility index (Phi) is 4.80. The van der Waals surface area contributed by atoms with Crippen LogP contribution in [0, 0.1) is 0 Å². The van der Waals surface area contributed by atoms with Crippen LogP contribution >= 0.6 is 15.9 Å². The average molecular weight is 376 g/mol. The molecule has 22 heavy (non-hydrogen) atoms. The largest absolute Gasteiger partial charge is 0.341 e. The maximum Gasteiger partial charge on any atom is 0.283 e. The number of nitrogens with zero attached hydrogens (tertiary/aromatic N) is 3. The van der Waals surface area contributed by atoms with Gasteiger partial charge in [0.05, 0.1) is 10.2 Å². The molecule has 2 heterocycles. The van der Waals surface area contributed by atoms with E-state index >= 15 is 0 Å². The molecule has 0 unspecified atom stereocenters. The van der Waals surface area contributed by atoms with E-state index in [0.29, 0.717) is 4.47 Å². The van der Waals surface area contributed by atoms with Crippen LogP contribution in [0.5, 0.6) is 0 Å². The normalized spacial score (nSPS) is 19.5. The molecule has 1 saturated carbocycles. The Hall–Kier alpha value is -0.980. The molecule has 1 aromatic heterocycles. The third kappa shape index (κ3) is 3.34. The second-order valence-electron chi connectivity index (χ2n) is 6.11. The third-order valence-corrected chi connectivity index (χ3v) is 5.18. The van der Waals surface area contributed by atoms with Gasteiger partial charge in [-0.25, -0.2) is 8.78 Å². The average Bonchev–Trinajstić information content (AvgIpc) is 3.27. The molecule has 3 rings (SSSR count). The molecule has 7 heteroatoms. The quantitative estimate of drug-likeness (QED) is 0.801. The smallest absolute Gasteiger partial charge is 0.283 e. The summed E-state index contributed by atoms with van der Waals surface area (Å²) >= 11 is 3.25. The first-order valence-electron chi connectivity index (χ1n) is 7.90. The van der Waals surface area contributed by atoms with Gasteiger partial charge < -0.3 is 4.90 Å². The molecule has 0 aromatic carbocycles. The van der Waals surface area contributed by atoms with E-state index in [1.54, 1.807) is 0 Å². The van der Waals surface area contributed by atoms with E-state index in [2.05, 4.69) is 21.0 Å². The summed E-state index contributed by atoms with van der Waals surface area (Å²) in [5, 5.41) is 4.00. The molecule has 0 N–H and O–H groups in total. The number of aromatic nitrogens is 2. The summed E-state index contributed by atoms with van der Waals surface area (Å²) in [6.07, 6.45) is 3.68. The zero-order valence-electron chi connectivity index (χ0n) is 12.4. The Morgan fingerprint density at radius 2 is 1.86 bits per heavy atom. The molecular formula is C15H20BrF2N3O. The van der Waals surface area contributed by atoms with Crippen molar-refractivity contribution in [1.82, 2.24) is 14.7 Å². The van der Waals surface area contributed by atoms with Crippen LogP contribution in [0.4, 0.5) is 8.78 Å². The van der Waals surface area contributed by atoms with Crippen molar-refractivity contribution in [3.05, 3.63) is 15.9 Å². The maximum absolute atomic E-state index is 13.0. The summed E-state index contributed by atoms with van der Waals surface area (Å²) in [6, 6.07) is 0. The van der Waals surface area contributed by atoms with Gasteiger partial charge in [-0.15, -0.1) is 0 Å². The molecule has 122 valence electrons. The minimum atomic E-state index is -2.62.